The highest BCUT2D eigenvalue weighted by atomic mass is 16.6. The molecule has 1 aromatic rings. The lowest BCUT2D eigenvalue weighted by Crippen LogP contribution is -2.35. The summed E-state index contributed by atoms with van der Waals surface area (Å²) < 4.78 is 0. The summed E-state index contributed by atoms with van der Waals surface area (Å²) in [6, 6.07) is 1.85. The van der Waals surface area contributed by atoms with E-state index in [0.717, 1.165) is 31.4 Å². The lowest BCUT2D eigenvalue weighted by atomic mass is 9.90. The molecule has 0 radical (unpaired) electrons. The first-order chi connectivity index (χ1) is 9.11. The van der Waals surface area contributed by atoms with Crippen LogP contribution in [0.1, 0.15) is 39.0 Å². The number of hydrogen-bond acceptors (Lipinski definition) is 5. The van der Waals surface area contributed by atoms with E-state index in [1.54, 1.807) is 6.20 Å². The molecule has 0 unspecified atom stereocenters. The second-order valence-corrected chi connectivity index (χ2v) is 5.23. The topological polar surface area (TPSA) is 80.4 Å². The van der Waals surface area contributed by atoms with Gasteiger partial charge in [0.15, 0.2) is 5.35 Å². The minimum Gasteiger partial charge on any atom is -0.359 e. The maximum Gasteiger partial charge on any atom is 0.270 e. The van der Waals surface area contributed by atoms with Gasteiger partial charge in [-0.3, -0.25) is 15.1 Å². The molecule has 100 valence electrons. The predicted molar refractivity (Wildman–Crippen MR) is 70.5 cm³/mol. The van der Waals surface area contributed by atoms with Crippen LogP contribution in [0.5, 0.6) is 0 Å². The van der Waals surface area contributed by atoms with Gasteiger partial charge in [-0.25, -0.2) is 4.98 Å². The number of hydrogen-bond donors (Lipinski definition) is 1. The molecule has 6 nitrogen and oxygen atoms in total. The summed E-state index contributed by atoms with van der Waals surface area (Å²) in [6.45, 7) is 1.48. The average molecular weight is 260 g/mol. The molecule has 2 aliphatic rings. The smallest absolute Gasteiger partial charge is 0.270 e. The Balaban J connectivity index is 2.19. The van der Waals surface area contributed by atoms with Crippen molar-refractivity contribution in [3.8, 4) is 0 Å². The Morgan fingerprint density at radius 1 is 1.42 bits per heavy atom. The number of nitrogens with zero attached hydrogens (tertiary/aromatic N) is 3. The number of fused-ring (bicyclic) bond motifs is 1. The van der Waals surface area contributed by atoms with Gasteiger partial charge in [-0.15, -0.1) is 0 Å². The first-order valence-corrected chi connectivity index (χ1v) is 6.60. The summed E-state index contributed by atoms with van der Waals surface area (Å²) in [5, 5.41) is 15.4. The molecule has 0 saturated heterocycles. The molecule has 1 aliphatic heterocycles. The van der Waals surface area contributed by atoms with Gasteiger partial charge in [0.1, 0.15) is 11.0 Å². The maximum absolute atomic E-state index is 10.9. The van der Waals surface area contributed by atoms with Crippen molar-refractivity contribution >= 4 is 11.4 Å². The van der Waals surface area contributed by atoms with Crippen LogP contribution in [0.3, 0.4) is 0 Å². The number of anilines is 1. The van der Waals surface area contributed by atoms with Gasteiger partial charge in [-0.2, -0.15) is 0 Å². The van der Waals surface area contributed by atoms with Gasteiger partial charge in [-0.05, 0) is 31.7 Å². The summed E-state index contributed by atoms with van der Waals surface area (Å²) in [5.74, 6) is 0. The third-order valence-electron chi connectivity index (χ3n) is 3.91. The van der Waals surface area contributed by atoms with E-state index in [1.807, 2.05) is 6.07 Å². The van der Waals surface area contributed by atoms with Crippen molar-refractivity contribution < 1.29 is 4.92 Å². The monoisotopic (exact) mass is 260 g/mol. The highest BCUT2D eigenvalue weighted by Crippen LogP contribution is 2.33. The molecule has 1 fully saturated rings. The van der Waals surface area contributed by atoms with E-state index in [9.17, 15) is 10.1 Å². The molecule has 6 heteroatoms. The van der Waals surface area contributed by atoms with Gasteiger partial charge in [0.2, 0.25) is 0 Å². The zero-order valence-corrected chi connectivity index (χ0v) is 10.8. The van der Waals surface area contributed by atoms with E-state index in [4.69, 9.17) is 4.99 Å². The van der Waals surface area contributed by atoms with Crippen LogP contribution in [0.2, 0.25) is 0 Å². The Morgan fingerprint density at radius 2 is 2.16 bits per heavy atom. The highest BCUT2D eigenvalue weighted by molar-refractivity contribution is 5.49. The maximum atomic E-state index is 10.9. The first kappa shape index (κ1) is 12.1. The molecule has 1 saturated carbocycles. The van der Waals surface area contributed by atoms with Crippen LogP contribution >= 0.6 is 0 Å². The minimum absolute atomic E-state index is 0.0512. The van der Waals surface area contributed by atoms with Crippen LogP contribution in [-0.2, 0) is 0 Å². The molecule has 3 rings (SSSR count). The Kier molecular flexibility index (Phi) is 2.73. The summed E-state index contributed by atoms with van der Waals surface area (Å²) in [6.07, 6.45) is 7.10. The van der Waals surface area contributed by atoms with Crippen LogP contribution in [0.15, 0.2) is 17.3 Å². The van der Waals surface area contributed by atoms with Crippen molar-refractivity contribution in [2.24, 2.45) is 4.99 Å². The van der Waals surface area contributed by atoms with Crippen molar-refractivity contribution in [1.29, 1.82) is 0 Å². The van der Waals surface area contributed by atoms with Gasteiger partial charge < -0.3 is 5.32 Å². The Hall–Kier alpha value is -1.98. The fraction of sp³-hybridized carbons (Fsp3) is 0.538. The normalized spacial score (nSPS) is 21.3. The number of aromatic nitrogens is 1. The van der Waals surface area contributed by atoms with E-state index in [-0.39, 0.29) is 11.4 Å². The molecular formula is C13H16N4O2. The Bertz CT molecular complexity index is 647. The number of rotatable bonds is 1. The molecule has 2 heterocycles. The second kappa shape index (κ2) is 4.29. The van der Waals surface area contributed by atoms with Gasteiger partial charge in [0.05, 0.1) is 10.6 Å². The summed E-state index contributed by atoms with van der Waals surface area (Å²) in [5.41, 5.74) is 0.665. The lowest BCUT2D eigenvalue weighted by Gasteiger charge is -2.31. The lowest BCUT2D eigenvalue weighted by molar-refractivity contribution is -0.379. The number of pyridine rings is 1. The minimum atomic E-state index is -0.399. The molecule has 1 aliphatic carbocycles. The van der Waals surface area contributed by atoms with Gasteiger partial charge in [0, 0.05) is 13.1 Å². The van der Waals surface area contributed by atoms with Crippen molar-refractivity contribution in [2.75, 3.05) is 5.32 Å². The van der Waals surface area contributed by atoms with Crippen LogP contribution in [0, 0.1) is 10.1 Å². The summed E-state index contributed by atoms with van der Waals surface area (Å²) in [7, 11) is 0. The SMILES string of the molecule is C/C(=c1/nccc2c1=NC1(CCCCC1)N2)[N+](=O)[O-]. The van der Waals surface area contributed by atoms with Crippen LogP contribution in [-0.4, -0.2) is 15.6 Å². The zero-order valence-electron chi connectivity index (χ0n) is 10.8. The zero-order chi connectivity index (χ0) is 13.5. The van der Waals surface area contributed by atoms with E-state index in [1.165, 1.54) is 13.3 Å². The predicted octanol–water partition coefficient (Wildman–Crippen LogP) is 1.19. The number of nitro groups is 1. The Morgan fingerprint density at radius 3 is 2.84 bits per heavy atom. The third-order valence-corrected chi connectivity index (χ3v) is 3.91. The molecule has 0 atom stereocenters. The fourth-order valence-electron chi connectivity index (χ4n) is 2.89. The second-order valence-electron chi connectivity index (χ2n) is 5.23. The van der Waals surface area contributed by atoms with E-state index >= 15 is 0 Å². The van der Waals surface area contributed by atoms with Crippen LogP contribution < -0.4 is 16.0 Å². The van der Waals surface area contributed by atoms with E-state index < -0.39 is 4.92 Å². The van der Waals surface area contributed by atoms with E-state index in [2.05, 4.69) is 10.3 Å². The quantitative estimate of drug-likeness (QED) is 0.607. The van der Waals surface area contributed by atoms with Gasteiger partial charge >= 0.3 is 0 Å². The molecule has 0 aromatic carbocycles. The molecule has 1 N–H and O–H groups in total. The Labute approximate surface area is 110 Å². The third kappa shape index (κ3) is 1.97. The molecular weight excluding hydrogens is 244 g/mol. The highest BCUT2D eigenvalue weighted by Gasteiger charge is 2.35. The fourth-order valence-corrected chi connectivity index (χ4v) is 2.89. The summed E-state index contributed by atoms with van der Waals surface area (Å²) in [4.78, 5) is 19.4. The van der Waals surface area contributed by atoms with Gasteiger partial charge in [0.25, 0.3) is 5.70 Å². The van der Waals surface area contributed by atoms with Crippen molar-refractivity contribution in [1.82, 2.24) is 4.98 Å². The van der Waals surface area contributed by atoms with Crippen LogP contribution in [0.25, 0.3) is 5.70 Å². The largest absolute Gasteiger partial charge is 0.359 e. The molecule has 19 heavy (non-hydrogen) atoms. The van der Waals surface area contributed by atoms with Crippen molar-refractivity contribution in [2.45, 2.75) is 44.7 Å². The van der Waals surface area contributed by atoms with Gasteiger partial charge in [-0.1, -0.05) is 6.42 Å². The van der Waals surface area contributed by atoms with Crippen LogP contribution in [0.4, 0.5) is 5.69 Å². The van der Waals surface area contributed by atoms with Crippen molar-refractivity contribution in [3.63, 3.8) is 0 Å². The molecule has 0 bridgehead atoms. The number of nitrogens with one attached hydrogen (secondary N) is 1. The average Bonchev–Trinajstić information content (AvgIpc) is 2.75. The molecule has 0 amide bonds. The molecule has 1 aromatic heterocycles. The first-order valence-electron chi connectivity index (χ1n) is 6.60. The molecule has 1 spiro atoms. The standard InChI is InChI=1S/C13H16N4O2/c1-9(17(18)19)11-12-10(5-8-14-11)15-13(16-12)6-3-2-4-7-13/h5,8,15H,2-4,6-7H2,1H3/b11-9-. The van der Waals surface area contributed by atoms with Crippen molar-refractivity contribution in [3.05, 3.63) is 33.1 Å². The summed E-state index contributed by atoms with van der Waals surface area (Å²) >= 11 is 0. The van der Waals surface area contributed by atoms with E-state index in [0.29, 0.717) is 10.7 Å².